The maximum absolute atomic E-state index is 11.9. The summed E-state index contributed by atoms with van der Waals surface area (Å²) in [4.78, 5) is 11.9. The average Bonchev–Trinajstić information content (AvgIpc) is 2.29. The fraction of sp³-hybridized carbons (Fsp3) is 0.500. The molecule has 0 amide bonds. The third kappa shape index (κ3) is 3.24. The van der Waals surface area contributed by atoms with E-state index in [1.165, 1.54) is 19.3 Å². The molecular formula is C14H18ClNO2. The van der Waals surface area contributed by atoms with Crippen molar-refractivity contribution in [2.75, 3.05) is 20.2 Å². The van der Waals surface area contributed by atoms with Gasteiger partial charge in [-0.2, -0.15) is 0 Å². The lowest BCUT2D eigenvalue weighted by Gasteiger charge is -2.25. The number of ketones is 1. The van der Waals surface area contributed by atoms with E-state index in [1.54, 1.807) is 25.2 Å². The third-order valence-corrected chi connectivity index (χ3v) is 3.51. The summed E-state index contributed by atoms with van der Waals surface area (Å²) in [6.45, 7) is 0.988. The van der Waals surface area contributed by atoms with Gasteiger partial charge in [0.15, 0.2) is 5.78 Å². The van der Waals surface area contributed by atoms with E-state index in [9.17, 15) is 4.79 Å². The second kappa shape index (κ2) is 6.21. The van der Waals surface area contributed by atoms with Crippen LogP contribution in [0.3, 0.4) is 0 Å². The highest BCUT2D eigenvalue weighted by Crippen LogP contribution is 2.29. The van der Waals surface area contributed by atoms with Crippen molar-refractivity contribution >= 4 is 17.4 Å². The first-order valence-electron chi connectivity index (χ1n) is 6.31. The minimum absolute atomic E-state index is 0.00334. The van der Waals surface area contributed by atoms with Gasteiger partial charge in [-0.15, -0.1) is 0 Å². The first-order valence-corrected chi connectivity index (χ1v) is 6.68. The number of hydrogen-bond acceptors (Lipinski definition) is 3. The molecule has 0 radical (unpaired) electrons. The number of likely N-dealkylation sites (N-methyl/N-ethyl adjacent to an activating group) is 1. The van der Waals surface area contributed by atoms with Crippen molar-refractivity contribution in [1.82, 2.24) is 5.32 Å². The summed E-state index contributed by atoms with van der Waals surface area (Å²) in [6.07, 6.45) is 3.75. The lowest BCUT2D eigenvalue weighted by atomic mass is 9.86. The Hall–Kier alpha value is -1.06. The Kier molecular flexibility index (Phi) is 4.61. The van der Waals surface area contributed by atoms with Gasteiger partial charge in [0.05, 0.1) is 18.7 Å². The standard InChI is InChI=1S/C14H18ClNO2/c1-16-8-13(17)12-7-11(15)5-6-14(12)18-9-10-3-2-4-10/h5-7,10,16H,2-4,8-9H2,1H3. The second-order valence-corrected chi connectivity index (χ2v) is 5.14. The summed E-state index contributed by atoms with van der Waals surface area (Å²) >= 11 is 5.93. The Morgan fingerprint density at radius 1 is 1.50 bits per heavy atom. The Labute approximate surface area is 112 Å². The van der Waals surface area contributed by atoms with Crippen molar-refractivity contribution in [2.45, 2.75) is 19.3 Å². The zero-order valence-corrected chi connectivity index (χ0v) is 11.3. The number of ether oxygens (including phenoxy) is 1. The Morgan fingerprint density at radius 3 is 2.89 bits per heavy atom. The summed E-state index contributed by atoms with van der Waals surface area (Å²) in [6, 6.07) is 5.22. The van der Waals surface area contributed by atoms with Gasteiger partial charge in [0, 0.05) is 5.02 Å². The molecule has 1 N–H and O–H groups in total. The lowest BCUT2D eigenvalue weighted by Crippen LogP contribution is -2.22. The van der Waals surface area contributed by atoms with E-state index in [-0.39, 0.29) is 5.78 Å². The third-order valence-electron chi connectivity index (χ3n) is 3.28. The molecule has 0 saturated heterocycles. The summed E-state index contributed by atoms with van der Waals surface area (Å²) in [5.74, 6) is 1.29. The normalized spacial score (nSPS) is 15.2. The number of carbonyl (C=O) groups excluding carboxylic acids is 1. The number of halogens is 1. The highest BCUT2D eigenvalue weighted by Gasteiger charge is 2.19. The molecule has 98 valence electrons. The van der Waals surface area contributed by atoms with E-state index in [4.69, 9.17) is 16.3 Å². The molecule has 2 rings (SSSR count). The lowest BCUT2D eigenvalue weighted by molar-refractivity contribution is 0.0986. The summed E-state index contributed by atoms with van der Waals surface area (Å²) in [5.41, 5.74) is 0.566. The average molecular weight is 268 g/mol. The van der Waals surface area contributed by atoms with Gasteiger partial charge in [-0.3, -0.25) is 4.79 Å². The minimum atomic E-state index is 0.00334. The summed E-state index contributed by atoms with van der Waals surface area (Å²) in [5, 5.41) is 3.41. The van der Waals surface area contributed by atoms with Crippen LogP contribution in [0.1, 0.15) is 29.6 Å². The van der Waals surface area contributed by atoms with Gasteiger partial charge < -0.3 is 10.1 Å². The predicted molar refractivity (Wildman–Crippen MR) is 72.5 cm³/mol. The summed E-state index contributed by atoms with van der Waals surface area (Å²) in [7, 11) is 1.75. The van der Waals surface area contributed by atoms with Crippen LogP contribution in [0, 0.1) is 5.92 Å². The fourth-order valence-corrected chi connectivity index (χ4v) is 2.14. The van der Waals surface area contributed by atoms with Gasteiger partial charge in [-0.05, 0) is 44.0 Å². The van der Waals surface area contributed by atoms with Crippen LogP contribution >= 0.6 is 11.6 Å². The molecule has 4 heteroatoms. The molecule has 1 aliphatic rings. The molecule has 3 nitrogen and oxygen atoms in total. The highest BCUT2D eigenvalue weighted by molar-refractivity contribution is 6.31. The molecule has 1 aromatic rings. The van der Waals surface area contributed by atoms with Crippen molar-refractivity contribution < 1.29 is 9.53 Å². The van der Waals surface area contributed by atoms with Crippen molar-refractivity contribution in [3.63, 3.8) is 0 Å². The van der Waals surface area contributed by atoms with Crippen LogP contribution in [0.5, 0.6) is 5.75 Å². The van der Waals surface area contributed by atoms with Crippen LogP contribution in [0.2, 0.25) is 5.02 Å². The maximum atomic E-state index is 11.9. The quantitative estimate of drug-likeness (QED) is 0.806. The Morgan fingerprint density at radius 2 is 2.28 bits per heavy atom. The molecule has 1 aliphatic carbocycles. The number of benzene rings is 1. The Balaban J connectivity index is 2.08. The van der Waals surface area contributed by atoms with Gasteiger partial charge in [-0.25, -0.2) is 0 Å². The van der Waals surface area contributed by atoms with Crippen molar-refractivity contribution in [2.24, 2.45) is 5.92 Å². The monoisotopic (exact) mass is 267 g/mol. The number of Topliss-reactive ketones (excluding diaryl/α,β-unsaturated/α-hetero) is 1. The number of hydrogen-bond donors (Lipinski definition) is 1. The molecule has 0 unspecified atom stereocenters. The van der Waals surface area contributed by atoms with Gasteiger partial charge in [0.25, 0.3) is 0 Å². The SMILES string of the molecule is CNCC(=O)c1cc(Cl)ccc1OCC1CCC1. The molecule has 0 aromatic heterocycles. The van der Waals surface area contributed by atoms with Crippen LogP contribution in [0.4, 0.5) is 0 Å². The molecule has 0 atom stereocenters. The molecule has 0 bridgehead atoms. The molecule has 1 saturated carbocycles. The zero-order chi connectivity index (χ0) is 13.0. The van der Waals surface area contributed by atoms with E-state index in [0.717, 1.165) is 0 Å². The predicted octanol–water partition coefficient (Wildman–Crippen LogP) is 2.92. The van der Waals surface area contributed by atoms with Gasteiger partial charge >= 0.3 is 0 Å². The molecular weight excluding hydrogens is 250 g/mol. The van der Waals surface area contributed by atoms with E-state index in [0.29, 0.717) is 35.4 Å². The Bertz CT molecular complexity index is 430. The van der Waals surface area contributed by atoms with Gasteiger partial charge in [-0.1, -0.05) is 18.0 Å². The maximum Gasteiger partial charge on any atom is 0.180 e. The molecule has 0 spiro atoms. The van der Waals surface area contributed by atoms with Crippen LogP contribution in [0.15, 0.2) is 18.2 Å². The molecule has 1 aromatic carbocycles. The van der Waals surface area contributed by atoms with Gasteiger partial charge in [0.1, 0.15) is 5.75 Å². The topological polar surface area (TPSA) is 38.3 Å². The molecule has 18 heavy (non-hydrogen) atoms. The van der Waals surface area contributed by atoms with E-state index >= 15 is 0 Å². The summed E-state index contributed by atoms with van der Waals surface area (Å²) < 4.78 is 5.76. The van der Waals surface area contributed by atoms with E-state index in [1.807, 2.05) is 0 Å². The van der Waals surface area contributed by atoms with Gasteiger partial charge in [0.2, 0.25) is 0 Å². The largest absolute Gasteiger partial charge is 0.493 e. The first kappa shape index (κ1) is 13.4. The molecule has 0 heterocycles. The molecule has 1 fully saturated rings. The second-order valence-electron chi connectivity index (χ2n) is 4.70. The minimum Gasteiger partial charge on any atom is -0.493 e. The molecule has 0 aliphatic heterocycles. The number of nitrogens with one attached hydrogen (secondary N) is 1. The highest BCUT2D eigenvalue weighted by atomic mass is 35.5. The number of rotatable bonds is 6. The van der Waals surface area contributed by atoms with Crippen molar-refractivity contribution in [3.05, 3.63) is 28.8 Å². The van der Waals surface area contributed by atoms with E-state index in [2.05, 4.69) is 5.32 Å². The van der Waals surface area contributed by atoms with Crippen LogP contribution in [-0.4, -0.2) is 26.0 Å². The van der Waals surface area contributed by atoms with Crippen LogP contribution < -0.4 is 10.1 Å². The zero-order valence-electron chi connectivity index (χ0n) is 10.5. The van der Waals surface area contributed by atoms with Crippen molar-refractivity contribution in [3.8, 4) is 5.75 Å². The fourth-order valence-electron chi connectivity index (χ4n) is 1.97. The smallest absolute Gasteiger partial charge is 0.180 e. The van der Waals surface area contributed by atoms with Crippen LogP contribution in [0.25, 0.3) is 0 Å². The first-order chi connectivity index (χ1) is 8.70. The number of carbonyl (C=O) groups is 1. The van der Waals surface area contributed by atoms with Crippen LogP contribution in [-0.2, 0) is 0 Å². The van der Waals surface area contributed by atoms with Crippen molar-refractivity contribution in [1.29, 1.82) is 0 Å². The van der Waals surface area contributed by atoms with E-state index < -0.39 is 0 Å².